The first-order chi connectivity index (χ1) is 13.1. The molecule has 1 N–H and O–H groups in total. The number of aliphatic imine (C=N–C) groups is 1. The molecule has 1 aromatic carbocycles. The molecule has 158 valence electrons. The summed E-state index contributed by atoms with van der Waals surface area (Å²) in [7, 11) is 6.09. The van der Waals surface area contributed by atoms with E-state index in [-0.39, 0.29) is 24.0 Å². The van der Waals surface area contributed by atoms with E-state index in [4.69, 9.17) is 16.3 Å². The lowest BCUT2D eigenvalue weighted by atomic mass is 10.1. The maximum absolute atomic E-state index is 6.57. The van der Waals surface area contributed by atoms with Crippen LogP contribution in [0, 0.1) is 5.92 Å². The molecule has 0 spiro atoms. The Kier molecular flexibility index (Phi) is 9.59. The van der Waals surface area contributed by atoms with Crippen LogP contribution in [-0.4, -0.2) is 82.8 Å². The molecule has 0 bridgehead atoms. The second kappa shape index (κ2) is 11.4. The number of guanidine groups is 1. The minimum atomic E-state index is 0. The number of likely N-dealkylation sites (N-methyl/N-ethyl adjacent to an activating group) is 1. The van der Waals surface area contributed by atoms with E-state index < -0.39 is 0 Å². The van der Waals surface area contributed by atoms with Gasteiger partial charge >= 0.3 is 0 Å². The molecular formula is C20H33ClIN5O. The molecule has 2 aliphatic rings. The molecule has 0 radical (unpaired) electrons. The van der Waals surface area contributed by atoms with E-state index in [0.717, 1.165) is 68.9 Å². The first-order valence-electron chi connectivity index (χ1n) is 9.79. The van der Waals surface area contributed by atoms with Crippen molar-refractivity contribution in [2.45, 2.75) is 13.0 Å². The van der Waals surface area contributed by atoms with E-state index in [2.05, 4.69) is 45.2 Å². The van der Waals surface area contributed by atoms with Crippen molar-refractivity contribution in [3.63, 3.8) is 0 Å². The monoisotopic (exact) mass is 521 g/mol. The summed E-state index contributed by atoms with van der Waals surface area (Å²) in [5.74, 6) is 1.47. The largest absolute Gasteiger partial charge is 0.381 e. The molecule has 6 nitrogen and oxygen atoms in total. The predicted octanol–water partition coefficient (Wildman–Crippen LogP) is 2.75. The van der Waals surface area contributed by atoms with Gasteiger partial charge in [0.25, 0.3) is 0 Å². The summed E-state index contributed by atoms with van der Waals surface area (Å²) in [6, 6.07) is 6.19. The Labute approximate surface area is 191 Å². The SMILES string of the molecule is CN=C(NCc1c(Cl)cccc1N1CCN(C)CC1)N(C)CC1CCOC1.I. The minimum absolute atomic E-state index is 0. The molecule has 0 saturated carbocycles. The van der Waals surface area contributed by atoms with Crippen molar-refractivity contribution in [2.75, 3.05) is 72.0 Å². The predicted molar refractivity (Wildman–Crippen MR) is 128 cm³/mol. The zero-order valence-electron chi connectivity index (χ0n) is 17.2. The zero-order valence-corrected chi connectivity index (χ0v) is 20.2. The van der Waals surface area contributed by atoms with Crippen LogP contribution in [0.3, 0.4) is 0 Å². The van der Waals surface area contributed by atoms with Crippen molar-refractivity contribution in [1.82, 2.24) is 15.1 Å². The van der Waals surface area contributed by atoms with Gasteiger partial charge in [0, 0.05) is 82.2 Å². The average Bonchev–Trinajstić information content (AvgIpc) is 3.17. The highest BCUT2D eigenvalue weighted by Crippen LogP contribution is 2.28. The lowest BCUT2D eigenvalue weighted by Crippen LogP contribution is -2.45. The van der Waals surface area contributed by atoms with E-state index in [9.17, 15) is 0 Å². The number of halogens is 2. The van der Waals surface area contributed by atoms with Crippen LogP contribution >= 0.6 is 35.6 Å². The molecule has 2 heterocycles. The number of benzene rings is 1. The Morgan fingerprint density at radius 1 is 1.32 bits per heavy atom. The number of nitrogens with one attached hydrogen (secondary N) is 1. The molecule has 8 heteroatoms. The van der Waals surface area contributed by atoms with E-state index in [1.54, 1.807) is 0 Å². The van der Waals surface area contributed by atoms with Crippen molar-refractivity contribution >= 4 is 47.2 Å². The number of ether oxygens (including phenoxy) is 1. The smallest absolute Gasteiger partial charge is 0.193 e. The molecule has 1 unspecified atom stereocenters. The second-order valence-electron chi connectivity index (χ2n) is 7.54. The molecule has 2 fully saturated rings. The molecular weight excluding hydrogens is 489 g/mol. The van der Waals surface area contributed by atoms with E-state index in [0.29, 0.717) is 12.5 Å². The van der Waals surface area contributed by atoms with Crippen LogP contribution in [0.5, 0.6) is 0 Å². The lowest BCUT2D eigenvalue weighted by molar-refractivity contribution is 0.181. The normalized spacial score (nSPS) is 20.8. The summed E-state index contributed by atoms with van der Waals surface area (Å²) in [6.45, 7) is 7.55. The fraction of sp³-hybridized carbons (Fsp3) is 0.650. The van der Waals surface area contributed by atoms with Gasteiger partial charge in [-0.2, -0.15) is 0 Å². The zero-order chi connectivity index (χ0) is 19.2. The van der Waals surface area contributed by atoms with E-state index in [1.165, 1.54) is 5.69 Å². The Bertz CT molecular complexity index is 645. The molecule has 3 rings (SSSR count). The number of anilines is 1. The van der Waals surface area contributed by atoms with Crippen molar-refractivity contribution in [3.05, 3.63) is 28.8 Å². The molecule has 0 aliphatic carbocycles. The summed E-state index contributed by atoms with van der Waals surface area (Å²) in [4.78, 5) is 11.4. The van der Waals surface area contributed by atoms with Crippen LogP contribution in [0.15, 0.2) is 23.2 Å². The molecule has 2 aliphatic heterocycles. The highest BCUT2D eigenvalue weighted by molar-refractivity contribution is 14.0. The van der Waals surface area contributed by atoms with Crippen molar-refractivity contribution in [1.29, 1.82) is 0 Å². The lowest BCUT2D eigenvalue weighted by Gasteiger charge is -2.35. The van der Waals surface area contributed by atoms with Crippen molar-refractivity contribution in [2.24, 2.45) is 10.9 Å². The third kappa shape index (κ3) is 6.11. The van der Waals surface area contributed by atoms with Gasteiger partial charge in [-0.25, -0.2) is 0 Å². The van der Waals surface area contributed by atoms with Gasteiger partial charge in [0.15, 0.2) is 5.96 Å². The number of nitrogens with zero attached hydrogens (tertiary/aromatic N) is 4. The Morgan fingerprint density at radius 3 is 2.71 bits per heavy atom. The quantitative estimate of drug-likeness (QED) is 0.367. The fourth-order valence-electron chi connectivity index (χ4n) is 3.82. The molecule has 0 amide bonds. The van der Waals surface area contributed by atoms with Gasteiger partial charge in [-0.1, -0.05) is 17.7 Å². The summed E-state index contributed by atoms with van der Waals surface area (Å²) in [5.41, 5.74) is 2.37. The van der Waals surface area contributed by atoms with E-state index >= 15 is 0 Å². The molecule has 1 aromatic rings. The van der Waals surface area contributed by atoms with Crippen LogP contribution in [0.1, 0.15) is 12.0 Å². The molecule has 2 saturated heterocycles. The number of hydrogen-bond acceptors (Lipinski definition) is 4. The first kappa shape index (κ1) is 23.5. The van der Waals surface area contributed by atoms with E-state index in [1.807, 2.05) is 19.2 Å². The minimum Gasteiger partial charge on any atom is -0.381 e. The highest BCUT2D eigenvalue weighted by Gasteiger charge is 2.21. The Hall–Kier alpha value is -0.770. The van der Waals surface area contributed by atoms with Gasteiger partial charge in [-0.15, -0.1) is 24.0 Å². The number of piperazine rings is 1. The van der Waals surface area contributed by atoms with Gasteiger partial charge in [-0.05, 0) is 25.6 Å². The number of hydrogen-bond donors (Lipinski definition) is 1. The van der Waals surface area contributed by atoms with Gasteiger partial charge in [0.1, 0.15) is 0 Å². The van der Waals surface area contributed by atoms with Gasteiger partial charge in [0.05, 0.1) is 6.61 Å². The summed E-state index contributed by atoms with van der Waals surface area (Å²) in [6.07, 6.45) is 1.12. The maximum Gasteiger partial charge on any atom is 0.193 e. The van der Waals surface area contributed by atoms with Gasteiger partial charge in [0.2, 0.25) is 0 Å². The van der Waals surface area contributed by atoms with Crippen LogP contribution in [-0.2, 0) is 11.3 Å². The average molecular weight is 522 g/mol. The summed E-state index contributed by atoms with van der Waals surface area (Å²) < 4.78 is 5.49. The topological polar surface area (TPSA) is 43.3 Å². The maximum atomic E-state index is 6.57. The third-order valence-corrected chi connectivity index (χ3v) is 5.84. The standard InChI is InChI=1S/C20H32ClN5O.HI/c1-22-20(25(3)14-16-7-12-27-15-16)23-13-17-18(21)5-4-6-19(17)26-10-8-24(2)9-11-26;/h4-6,16H,7-15H2,1-3H3,(H,22,23);1H. The van der Waals surface area contributed by atoms with Crippen molar-refractivity contribution in [3.8, 4) is 0 Å². The van der Waals surface area contributed by atoms with Gasteiger partial charge < -0.3 is 24.8 Å². The summed E-state index contributed by atoms with van der Waals surface area (Å²) >= 11 is 6.57. The van der Waals surface area contributed by atoms with Crippen LogP contribution in [0.2, 0.25) is 5.02 Å². The first-order valence-corrected chi connectivity index (χ1v) is 10.2. The molecule has 1 atom stereocenters. The molecule has 28 heavy (non-hydrogen) atoms. The Morgan fingerprint density at radius 2 is 2.07 bits per heavy atom. The second-order valence-corrected chi connectivity index (χ2v) is 7.95. The summed E-state index contributed by atoms with van der Waals surface area (Å²) in [5, 5.41) is 4.31. The van der Waals surface area contributed by atoms with Crippen LogP contribution in [0.4, 0.5) is 5.69 Å². The Balaban J connectivity index is 0.00000280. The van der Waals surface area contributed by atoms with Crippen molar-refractivity contribution < 1.29 is 4.74 Å². The number of rotatable bonds is 5. The third-order valence-electron chi connectivity index (χ3n) is 5.49. The van der Waals surface area contributed by atoms with Crippen LogP contribution in [0.25, 0.3) is 0 Å². The molecule has 0 aromatic heterocycles. The fourth-order valence-corrected chi connectivity index (χ4v) is 4.06. The van der Waals surface area contributed by atoms with Crippen LogP contribution < -0.4 is 10.2 Å². The van der Waals surface area contributed by atoms with Gasteiger partial charge in [-0.3, -0.25) is 4.99 Å². The highest BCUT2D eigenvalue weighted by atomic mass is 127.